The largest absolute Gasteiger partial charge is 0.478 e. The molecule has 0 aliphatic carbocycles. The van der Waals surface area contributed by atoms with Crippen LogP contribution in [0.3, 0.4) is 0 Å². The van der Waals surface area contributed by atoms with Crippen LogP contribution in [0, 0.1) is 0 Å². The van der Waals surface area contributed by atoms with Gasteiger partial charge in [-0.1, -0.05) is 0 Å². The number of fused-ring (bicyclic) bond motifs is 1. The average molecular weight is 325 g/mol. The van der Waals surface area contributed by atoms with Crippen molar-refractivity contribution in [3.05, 3.63) is 23.8 Å². The zero-order valence-corrected chi connectivity index (χ0v) is 13.3. The van der Waals surface area contributed by atoms with Crippen molar-refractivity contribution in [1.82, 2.24) is 4.31 Å². The molecule has 1 saturated heterocycles. The van der Waals surface area contributed by atoms with Gasteiger partial charge >= 0.3 is 5.97 Å². The number of nitrogens with zero attached hydrogens (tertiary/aromatic N) is 1. The van der Waals surface area contributed by atoms with Crippen LogP contribution in [0.4, 0.5) is 0 Å². The summed E-state index contributed by atoms with van der Waals surface area (Å²) in [5, 5.41) is 0. The van der Waals surface area contributed by atoms with Crippen LogP contribution >= 0.6 is 0 Å². The Morgan fingerprint density at radius 1 is 1.32 bits per heavy atom. The van der Waals surface area contributed by atoms with E-state index >= 15 is 0 Å². The van der Waals surface area contributed by atoms with E-state index in [4.69, 9.17) is 4.74 Å². The molecule has 2 aliphatic heterocycles. The van der Waals surface area contributed by atoms with Gasteiger partial charge in [-0.25, -0.2) is 13.2 Å². The Kier molecular flexibility index (Phi) is 4.10. The minimum atomic E-state index is -3.42. The summed E-state index contributed by atoms with van der Waals surface area (Å²) in [6.45, 7) is 1.17. The number of sulfonamides is 1. The van der Waals surface area contributed by atoms with Crippen LogP contribution in [-0.2, 0) is 26.0 Å². The summed E-state index contributed by atoms with van der Waals surface area (Å²) < 4.78 is 36.9. The number of aryl methyl sites for hydroxylation is 1. The van der Waals surface area contributed by atoms with Gasteiger partial charge in [0.25, 0.3) is 0 Å². The lowest BCUT2D eigenvalue weighted by atomic mass is 10.0. The maximum absolute atomic E-state index is 12.6. The molecule has 0 spiro atoms. The van der Waals surface area contributed by atoms with Crippen molar-refractivity contribution in [1.29, 1.82) is 0 Å². The minimum absolute atomic E-state index is 0.299. The summed E-state index contributed by atoms with van der Waals surface area (Å²) in [6, 6.07) is 4.84. The Morgan fingerprint density at radius 3 is 2.73 bits per heavy atom. The van der Waals surface area contributed by atoms with Crippen LogP contribution in [0.25, 0.3) is 0 Å². The van der Waals surface area contributed by atoms with Crippen LogP contribution in [0.2, 0.25) is 0 Å². The second kappa shape index (κ2) is 5.89. The third kappa shape index (κ3) is 2.70. The van der Waals surface area contributed by atoms with Crippen molar-refractivity contribution in [3.63, 3.8) is 0 Å². The zero-order valence-electron chi connectivity index (χ0n) is 12.4. The van der Waals surface area contributed by atoms with Gasteiger partial charge in [0, 0.05) is 13.1 Å². The number of carbonyl (C=O) groups excluding carboxylic acids is 1. The molecule has 0 amide bonds. The van der Waals surface area contributed by atoms with Crippen LogP contribution in [-0.4, -0.2) is 45.0 Å². The first-order chi connectivity index (χ1) is 10.5. The molecule has 0 bridgehead atoms. The van der Waals surface area contributed by atoms with Crippen molar-refractivity contribution in [2.45, 2.75) is 36.7 Å². The zero-order chi connectivity index (χ0) is 15.7. The molecular weight excluding hydrogens is 306 g/mol. The van der Waals surface area contributed by atoms with Crippen molar-refractivity contribution in [2.75, 3.05) is 20.2 Å². The number of rotatable bonds is 3. The lowest BCUT2D eigenvalue weighted by Crippen LogP contribution is -2.32. The molecule has 7 heteroatoms. The topological polar surface area (TPSA) is 72.9 Å². The maximum Gasteiger partial charge on any atom is 0.347 e. The van der Waals surface area contributed by atoms with Crippen molar-refractivity contribution < 1.29 is 22.7 Å². The van der Waals surface area contributed by atoms with Crippen LogP contribution < -0.4 is 4.74 Å². The van der Waals surface area contributed by atoms with E-state index in [1.54, 1.807) is 18.2 Å². The van der Waals surface area contributed by atoms with Crippen molar-refractivity contribution >= 4 is 16.0 Å². The fraction of sp³-hybridized carbons (Fsp3) is 0.533. The first kappa shape index (κ1) is 15.3. The lowest BCUT2D eigenvalue weighted by Gasteiger charge is -2.25. The number of benzene rings is 1. The second-order valence-electron chi connectivity index (χ2n) is 5.55. The second-order valence-corrected chi connectivity index (χ2v) is 7.49. The van der Waals surface area contributed by atoms with E-state index in [0.29, 0.717) is 36.6 Å². The number of hydrogen-bond acceptors (Lipinski definition) is 5. The van der Waals surface area contributed by atoms with Gasteiger partial charge in [0.15, 0.2) is 6.10 Å². The number of hydrogen-bond donors (Lipinski definition) is 0. The predicted molar refractivity (Wildman–Crippen MR) is 79.2 cm³/mol. The van der Waals surface area contributed by atoms with Gasteiger partial charge in [0.2, 0.25) is 10.0 Å². The molecule has 0 saturated carbocycles. The van der Waals surface area contributed by atoms with E-state index in [9.17, 15) is 13.2 Å². The Bertz CT molecular complexity index is 679. The molecule has 1 aromatic rings. The molecule has 0 radical (unpaired) electrons. The Labute approximate surface area is 130 Å². The van der Waals surface area contributed by atoms with E-state index < -0.39 is 22.1 Å². The molecule has 22 heavy (non-hydrogen) atoms. The summed E-state index contributed by atoms with van der Waals surface area (Å²) in [5.41, 5.74) is 0.820. The van der Waals surface area contributed by atoms with E-state index in [1.807, 2.05) is 0 Å². The highest BCUT2D eigenvalue weighted by Gasteiger charge is 2.30. The molecule has 0 unspecified atom stereocenters. The van der Waals surface area contributed by atoms with Gasteiger partial charge in [-0.15, -0.1) is 0 Å². The fourth-order valence-electron chi connectivity index (χ4n) is 2.90. The standard InChI is InChI=1S/C15H19NO5S/c1-20-15(17)14-6-4-11-10-12(5-7-13(11)21-14)22(18,19)16-8-2-3-9-16/h5,7,10,14H,2-4,6,8-9H2,1H3/t14-/m0/s1. The third-order valence-corrected chi connectivity index (χ3v) is 6.04. The normalized spacial score (nSPS) is 22.0. The Hall–Kier alpha value is -1.60. The number of esters is 1. The smallest absolute Gasteiger partial charge is 0.347 e. The highest BCUT2D eigenvalue weighted by Crippen LogP contribution is 2.31. The summed E-state index contributed by atoms with van der Waals surface area (Å²) in [5.74, 6) is 0.154. The molecule has 1 fully saturated rings. The number of methoxy groups -OCH3 is 1. The highest BCUT2D eigenvalue weighted by atomic mass is 32.2. The van der Waals surface area contributed by atoms with Crippen molar-refractivity contribution in [3.8, 4) is 5.75 Å². The van der Waals surface area contributed by atoms with Gasteiger partial charge in [-0.3, -0.25) is 0 Å². The molecule has 2 heterocycles. The number of carbonyl (C=O) groups is 1. The van der Waals surface area contributed by atoms with Gasteiger partial charge in [0.1, 0.15) is 5.75 Å². The van der Waals surface area contributed by atoms with E-state index in [1.165, 1.54) is 11.4 Å². The van der Waals surface area contributed by atoms with Gasteiger partial charge in [0.05, 0.1) is 12.0 Å². The van der Waals surface area contributed by atoms with Crippen molar-refractivity contribution in [2.24, 2.45) is 0 Å². The predicted octanol–water partition coefficient (Wildman–Crippen LogP) is 1.34. The van der Waals surface area contributed by atoms with Gasteiger partial charge in [-0.2, -0.15) is 4.31 Å². The first-order valence-electron chi connectivity index (χ1n) is 7.40. The molecular formula is C15H19NO5S. The molecule has 1 aromatic carbocycles. The minimum Gasteiger partial charge on any atom is -0.478 e. The SMILES string of the molecule is COC(=O)[C@@H]1CCc2cc(S(=O)(=O)N3CCCC3)ccc2O1. The Morgan fingerprint density at radius 2 is 2.05 bits per heavy atom. The van der Waals surface area contributed by atoms with Crippen LogP contribution in [0.15, 0.2) is 23.1 Å². The summed E-state index contributed by atoms with van der Waals surface area (Å²) in [4.78, 5) is 11.8. The molecule has 1 atom stereocenters. The molecule has 120 valence electrons. The monoisotopic (exact) mass is 325 g/mol. The van der Waals surface area contributed by atoms with E-state index in [2.05, 4.69) is 4.74 Å². The fourth-order valence-corrected chi connectivity index (χ4v) is 4.47. The summed E-state index contributed by atoms with van der Waals surface area (Å²) in [6.07, 6.45) is 2.30. The van der Waals surface area contributed by atoms with Gasteiger partial charge < -0.3 is 9.47 Å². The molecule has 6 nitrogen and oxygen atoms in total. The lowest BCUT2D eigenvalue weighted by molar-refractivity contribution is -0.149. The molecule has 2 aliphatic rings. The summed E-state index contributed by atoms with van der Waals surface area (Å²) >= 11 is 0. The number of ether oxygens (including phenoxy) is 2. The summed E-state index contributed by atoms with van der Waals surface area (Å²) in [7, 11) is -2.09. The Balaban J connectivity index is 1.85. The van der Waals surface area contributed by atoms with Gasteiger partial charge in [-0.05, 0) is 49.4 Å². The molecule has 3 rings (SSSR count). The highest BCUT2D eigenvalue weighted by molar-refractivity contribution is 7.89. The molecule has 0 aromatic heterocycles. The third-order valence-electron chi connectivity index (χ3n) is 4.14. The van der Waals surface area contributed by atoms with Crippen LogP contribution in [0.1, 0.15) is 24.8 Å². The molecule has 0 N–H and O–H groups in total. The maximum atomic E-state index is 12.6. The first-order valence-corrected chi connectivity index (χ1v) is 8.84. The van der Waals surface area contributed by atoms with Crippen LogP contribution in [0.5, 0.6) is 5.75 Å². The average Bonchev–Trinajstić information content (AvgIpc) is 3.08. The van der Waals surface area contributed by atoms with E-state index in [0.717, 1.165) is 18.4 Å². The quantitative estimate of drug-likeness (QED) is 0.784. The van der Waals surface area contributed by atoms with E-state index in [-0.39, 0.29) is 0 Å².